The van der Waals surface area contributed by atoms with Gasteiger partial charge in [-0.2, -0.15) is 0 Å². The maximum absolute atomic E-state index is 7.07. The molecule has 0 bridgehead atoms. The second kappa shape index (κ2) is 15.1. The van der Waals surface area contributed by atoms with E-state index >= 15 is 0 Å². The van der Waals surface area contributed by atoms with Crippen molar-refractivity contribution in [3.05, 3.63) is 209 Å². The molecule has 3 nitrogen and oxygen atoms in total. The molecule has 72 heavy (non-hydrogen) atoms. The topological polar surface area (TPSA) is 30.1 Å². The molecule has 1 aliphatic heterocycles. The Kier molecular flexibility index (Phi) is 9.02. The molecule has 0 saturated carbocycles. The summed E-state index contributed by atoms with van der Waals surface area (Å²) in [4.78, 5) is 0. The van der Waals surface area contributed by atoms with E-state index < -0.39 is 0 Å². The Hall–Kier alpha value is -7.82. The fourth-order valence-corrected chi connectivity index (χ4v) is 12.7. The van der Waals surface area contributed by atoms with Crippen molar-refractivity contribution in [3.63, 3.8) is 0 Å². The molecular weight excluding hydrogens is 872 g/mol. The third-order valence-corrected chi connectivity index (χ3v) is 16.5. The first-order valence-electron chi connectivity index (χ1n) is 25.8. The summed E-state index contributed by atoms with van der Waals surface area (Å²) in [6, 6.07) is 66.3. The number of fused-ring (bicyclic) bond motifs is 12. The summed E-state index contributed by atoms with van der Waals surface area (Å²) < 4.78 is 9.70. The molecule has 0 spiro atoms. The highest BCUT2D eigenvalue weighted by Crippen LogP contribution is 2.52. The van der Waals surface area contributed by atoms with Crippen molar-refractivity contribution in [2.45, 2.75) is 78.1 Å². The number of furan rings is 1. The van der Waals surface area contributed by atoms with E-state index in [4.69, 9.17) is 4.42 Å². The second-order valence-corrected chi connectivity index (χ2v) is 23.4. The Bertz CT molecular complexity index is 4080. The summed E-state index contributed by atoms with van der Waals surface area (Å²) in [6.07, 6.45) is 0.916. The first-order chi connectivity index (χ1) is 34.7. The molecule has 0 saturated heterocycles. The fourth-order valence-electron chi connectivity index (χ4n) is 12.7. The number of hydrogen-bond donors (Lipinski definition) is 1. The van der Waals surface area contributed by atoms with Gasteiger partial charge in [-0.05, 0) is 126 Å². The minimum absolute atomic E-state index is 0.0636. The highest BCUT2D eigenvalue weighted by Gasteiger charge is 2.38. The predicted octanol–water partition coefficient (Wildman–Crippen LogP) is 16.4. The summed E-state index contributed by atoms with van der Waals surface area (Å²) in [5.41, 5.74) is 26.8. The van der Waals surface area contributed by atoms with Gasteiger partial charge in [-0.15, -0.1) is 0 Å². The maximum Gasteiger partial charge on any atom is 0.198 e. The van der Waals surface area contributed by atoms with Crippen LogP contribution >= 0.6 is 0 Å². The third-order valence-electron chi connectivity index (χ3n) is 16.5. The van der Waals surface area contributed by atoms with Crippen molar-refractivity contribution >= 4 is 62.2 Å². The molecule has 2 aliphatic carbocycles. The summed E-state index contributed by atoms with van der Waals surface area (Å²) >= 11 is 0. The van der Waals surface area contributed by atoms with Gasteiger partial charge in [0.15, 0.2) is 7.28 Å². The van der Waals surface area contributed by atoms with Gasteiger partial charge in [0.05, 0.1) is 5.52 Å². The molecule has 4 heteroatoms. The van der Waals surface area contributed by atoms with Gasteiger partial charge in [-0.1, -0.05) is 194 Å². The molecule has 9 aromatic carbocycles. The SMILES string of the molecule is CC(C)(C)c1ccc(Nc2cc3c(cc2-c2ccc4c5cc6c(cc5n5c4c2Bc2cc4c(-c7ccccc7)oc(-c7ccccc7)c4cc2-5)C(C)(C)c2ccccc2-6)-c2ccc(C(C)(C)C)cc2C3)cc1. The van der Waals surface area contributed by atoms with Crippen molar-refractivity contribution in [1.29, 1.82) is 0 Å². The zero-order chi connectivity index (χ0) is 49.0. The van der Waals surface area contributed by atoms with E-state index in [2.05, 4.69) is 241 Å². The first-order valence-corrected chi connectivity index (χ1v) is 25.8. The number of anilines is 2. The van der Waals surface area contributed by atoms with Gasteiger partial charge < -0.3 is 14.3 Å². The normalized spacial score (nSPS) is 14.0. The van der Waals surface area contributed by atoms with Crippen LogP contribution in [-0.4, -0.2) is 11.8 Å². The Balaban J connectivity index is 1.05. The monoisotopic (exact) mass is 928 g/mol. The molecule has 0 radical (unpaired) electrons. The number of nitrogens with one attached hydrogen (secondary N) is 1. The fraction of sp³-hybridized carbons (Fsp3) is 0.176. The van der Waals surface area contributed by atoms with Crippen LogP contribution in [0.2, 0.25) is 0 Å². The van der Waals surface area contributed by atoms with Crippen LogP contribution in [0.4, 0.5) is 11.4 Å². The van der Waals surface area contributed by atoms with Gasteiger partial charge >= 0.3 is 0 Å². The molecule has 0 amide bonds. The zero-order valence-corrected chi connectivity index (χ0v) is 42.5. The van der Waals surface area contributed by atoms with Crippen LogP contribution in [0.3, 0.4) is 0 Å². The lowest BCUT2D eigenvalue weighted by atomic mass is 9.58. The maximum atomic E-state index is 7.07. The summed E-state index contributed by atoms with van der Waals surface area (Å²) in [7, 11) is 0.769. The largest absolute Gasteiger partial charge is 0.455 e. The Labute approximate surface area is 423 Å². The predicted molar refractivity (Wildman–Crippen MR) is 306 cm³/mol. The lowest BCUT2D eigenvalue weighted by Crippen LogP contribution is -2.37. The average Bonchev–Trinajstić information content (AvgIpc) is 4.10. The highest BCUT2D eigenvalue weighted by atomic mass is 16.3. The summed E-state index contributed by atoms with van der Waals surface area (Å²) in [5.74, 6) is 1.80. The first kappa shape index (κ1) is 43.0. The molecule has 14 rings (SSSR count). The van der Waals surface area contributed by atoms with E-state index in [0.29, 0.717) is 0 Å². The second-order valence-electron chi connectivity index (χ2n) is 23.4. The Morgan fingerprint density at radius 3 is 1.85 bits per heavy atom. The van der Waals surface area contributed by atoms with Crippen LogP contribution in [0.1, 0.15) is 88.8 Å². The van der Waals surface area contributed by atoms with Crippen molar-refractivity contribution in [2.75, 3.05) is 5.32 Å². The van der Waals surface area contributed by atoms with Crippen molar-refractivity contribution in [2.24, 2.45) is 0 Å². The van der Waals surface area contributed by atoms with Gasteiger partial charge in [-0.25, -0.2) is 0 Å². The highest BCUT2D eigenvalue weighted by molar-refractivity contribution is 6.73. The molecule has 0 unspecified atom stereocenters. The minimum Gasteiger partial charge on any atom is -0.455 e. The smallest absolute Gasteiger partial charge is 0.198 e. The molecule has 3 heterocycles. The van der Waals surface area contributed by atoms with Crippen molar-refractivity contribution < 1.29 is 4.42 Å². The third kappa shape index (κ3) is 6.37. The van der Waals surface area contributed by atoms with Crippen molar-refractivity contribution in [1.82, 2.24) is 4.57 Å². The number of nitrogens with zero attached hydrogens (tertiary/aromatic N) is 1. The molecule has 348 valence electrons. The van der Waals surface area contributed by atoms with Crippen LogP contribution in [-0.2, 0) is 22.7 Å². The van der Waals surface area contributed by atoms with Gasteiger partial charge in [0, 0.05) is 66.2 Å². The van der Waals surface area contributed by atoms with Crippen molar-refractivity contribution in [3.8, 4) is 61.7 Å². The molecule has 0 atom stereocenters. The lowest BCUT2D eigenvalue weighted by molar-refractivity contribution is 0.589. The van der Waals surface area contributed by atoms with Crippen LogP contribution in [0.5, 0.6) is 0 Å². The summed E-state index contributed by atoms with van der Waals surface area (Å²) in [5, 5.41) is 8.84. The van der Waals surface area contributed by atoms with Gasteiger partial charge in [0.1, 0.15) is 11.5 Å². The zero-order valence-electron chi connectivity index (χ0n) is 42.5. The van der Waals surface area contributed by atoms with E-state index in [1.54, 1.807) is 0 Å². The van der Waals surface area contributed by atoms with Crippen LogP contribution in [0.25, 0.3) is 94.3 Å². The van der Waals surface area contributed by atoms with Crippen LogP contribution in [0, 0.1) is 0 Å². The molecule has 0 fully saturated rings. The van der Waals surface area contributed by atoms with Gasteiger partial charge in [-0.3, -0.25) is 0 Å². The molecule has 2 aromatic heterocycles. The number of aromatic nitrogens is 1. The Morgan fingerprint density at radius 1 is 0.500 bits per heavy atom. The summed E-state index contributed by atoms with van der Waals surface area (Å²) in [6.45, 7) is 18.6. The molecule has 1 N–H and O–H groups in total. The van der Waals surface area contributed by atoms with E-state index in [-0.39, 0.29) is 16.2 Å². The quantitative estimate of drug-likeness (QED) is 0.174. The van der Waals surface area contributed by atoms with Gasteiger partial charge in [0.25, 0.3) is 0 Å². The van der Waals surface area contributed by atoms with E-state index in [1.165, 1.54) is 105 Å². The lowest BCUT2D eigenvalue weighted by Gasteiger charge is -2.25. The molecule has 11 aromatic rings. The standard InChI is InChI=1S/C68H57BN2O/c1-66(2,3)43-23-26-45(27-24-43)70-59-33-42-31-41-32-44(67(4,5)6)25-28-46(41)50(42)34-52(59)48-29-30-49-53-35-51-47-21-15-16-22-56(47)68(7,8)57(51)38-60(53)71-61-37-55-54(36-58(61)69-62(48)63(49)71)64(39-17-11-9-12-18-39)72-65(55)40-19-13-10-14-20-40/h9-30,32-38,69-70H,31H2,1-8H3. The van der Waals surface area contributed by atoms with Gasteiger partial charge in [0.2, 0.25) is 0 Å². The number of rotatable bonds is 5. The van der Waals surface area contributed by atoms with Crippen LogP contribution < -0.4 is 16.2 Å². The molecule has 3 aliphatic rings. The number of benzene rings is 9. The van der Waals surface area contributed by atoms with Crippen LogP contribution in [0.15, 0.2) is 180 Å². The average molecular weight is 929 g/mol. The van der Waals surface area contributed by atoms with E-state index in [0.717, 1.165) is 58.5 Å². The van der Waals surface area contributed by atoms with E-state index in [1.807, 2.05) is 0 Å². The molecular formula is C68H57BN2O. The Morgan fingerprint density at radius 2 is 1.14 bits per heavy atom. The number of hydrogen-bond acceptors (Lipinski definition) is 2. The van der Waals surface area contributed by atoms with E-state index in [9.17, 15) is 0 Å². The minimum atomic E-state index is -0.151.